The number of carbonyl (C=O) groups is 1. The van der Waals surface area contributed by atoms with E-state index in [0.717, 1.165) is 45.7 Å². The van der Waals surface area contributed by atoms with Crippen LogP contribution >= 0.6 is 0 Å². The Balaban J connectivity index is 0.000000165. The summed E-state index contributed by atoms with van der Waals surface area (Å²) in [5.41, 5.74) is 0. The molecule has 5 heteroatoms. The van der Waals surface area contributed by atoms with Gasteiger partial charge >= 0.3 is 5.97 Å². The smallest absolute Gasteiger partial charge is 0.322 e. The summed E-state index contributed by atoms with van der Waals surface area (Å²) in [4.78, 5) is 13.0. The Hall–Kier alpha value is -0.650. The van der Waals surface area contributed by atoms with Crippen LogP contribution < -0.4 is 5.32 Å². The summed E-state index contributed by atoms with van der Waals surface area (Å²) in [5.74, 6) is -0.132. The molecule has 16 heavy (non-hydrogen) atoms. The number of nitrogens with zero attached hydrogens (tertiary/aromatic N) is 1. The summed E-state index contributed by atoms with van der Waals surface area (Å²) in [5, 5.41) is 3.03. The van der Waals surface area contributed by atoms with Crippen LogP contribution in [0.5, 0.6) is 0 Å². The molecular formula is C11H22N2O3. The second kappa shape index (κ2) is 7.60. The van der Waals surface area contributed by atoms with Crippen LogP contribution in [0, 0.1) is 0 Å². The van der Waals surface area contributed by atoms with Gasteiger partial charge in [-0.3, -0.25) is 4.79 Å². The summed E-state index contributed by atoms with van der Waals surface area (Å²) < 4.78 is 9.63. The summed E-state index contributed by atoms with van der Waals surface area (Å²) in [7, 11) is 3.53. The molecule has 0 saturated carbocycles. The topological polar surface area (TPSA) is 50.8 Å². The maximum atomic E-state index is 10.7. The Morgan fingerprint density at radius 2 is 2.12 bits per heavy atom. The Kier molecular flexibility index (Phi) is 6.37. The number of carbonyl (C=O) groups excluding carboxylic acids is 1. The molecule has 2 rings (SSSR count). The average Bonchev–Trinajstić information content (AvgIpc) is 2.83. The highest BCUT2D eigenvalue weighted by Crippen LogP contribution is 2.05. The molecule has 0 unspecified atom stereocenters. The van der Waals surface area contributed by atoms with Gasteiger partial charge in [-0.1, -0.05) is 0 Å². The number of esters is 1. The minimum absolute atomic E-state index is 0.0324. The molecule has 94 valence electrons. The summed E-state index contributed by atoms with van der Waals surface area (Å²) in [6.07, 6.45) is 2.01. The van der Waals surface area contributed by atoms with E-state index in [9.17, 15) is 4.79 Å². The molecule has 0 aromatic heterocycles. The van der Waals surface area contributed by atoms with Crippen molar-refractivity contribution in [2.75, 3.05) is 47.0 Å². The molecule has 0 radical (unpaired) electrons. The fourth-order valence-electron chi connectivity index (χ4n) is 1.68. The molecule has 1 atom stereocenters. The third-order valence-corrected chi connectivity index (χ3v) is 2.78. The van der Waals surface area contributed by atoms with Crippen molar-refractivity contribution < 1.29 is 14.3 Å². The van der Waals surface area contributed by atoms with Gasteiger partial charge < -0.3 is 19.7 Å². The van der Waals surface area contributed by atoms with Gasteiger partial charge in [-0.15, -0.1) is 0 Å². The zero-order valence-corrected chi connectivity index (χ0v) is 10.2. The lowest BCUT2D eigenvalue weighted by Gasteiger charge is -2.21. The molecule has 2 saturated heterocycles. The van der Waals surface area contributed by atoms with Gasteiger partial charge in [0.25, 0.3) is 0 Å². The molecule has 0 spiro atoms. The van der Waals surface area contributed by atoms with Crippen LogP contribution in [0.2, 0.25) is 0 Å². The van der Waals surface area contributed by atoms with Crippen LogP contribution in [-0.2, 0) is 14.3 Å². The lowest BCUT2D eigenvalue weighted by molar-refractivity contribution is -0.142. The molecular weight excluding hydrogens is 208 g/mol. The van der Waals surface area contributed by atoms with Crippen molar-refractivity contribution in [2.45, 2.75) is 18.9 Å². The highest BCUT2D eigenvalue weighted by atomic mass is 16.5. The number of nitrogens with one attached hydrogen (secondary N) is 1. The van der Waals surface area contributed by atoms with Gasteiger partial charge in [0.15, 0.2) is 0 Å². The molecule has 1 N–H and O–H groups in total. The van der Waals surface area contributed by atoms with Crippen molar-refractivity contribution in [1.82, 2.24) is 10.2 Å². The zero-order chi connectivity index (χ0) is 11.8. The third kappa shape index (κ3) is 4.92. The van der Waals surface area contributed by atoms with Crippen LogP contribution in [0.3, 0.4) is 0 Å². The van der Waals surface area contributed by atoms with Crippen molar-refractivity contribution in [2.24, 2.45) is 0 Å². The number of hydrogen-bond donors (Lipinski definition) is 1. The highest BCUT2D eigenvalue weighted by Gasteiger charge is 2.21. The maximum Gasteiger partial charge on any atom is 0.322 e. The fourth-order valence-corrected chi connectivity index (χ4v) is 1.68. The van der Waals surface area contributed by atoms with E-state index >= 15 is 0 Å². The van der Waals surface area contributed by atoms with E-state index in [4.69, 9.17) is 4.74 Å². The normalized spacial score (nSPS) is 25.8. The third-order valence-electron chi connectivity index (χ3n) is 2.78. The molecule has 2 heterocycles. The first-order valence-electron chi connectivity index (χ1n) is 5.81. The molecule has 5 nitrogen and oxygen atoms in total. The summed E-state index contributed by atoms with van der Waals surface area (Å²) in [6.45, 7) is 4.97. The van der Waals surface area contributed by atoms with Crippen molar-refractivity contribution in [3.05, 3.63) is 0 Å². The van der Waals surface area contributed by atoms with Crippen molar-refractivity contribution in [3.63, 3.8) is 0 Å². The number of morpholine rings is 1. The summed E-state index contributed by atoms with van der Waals surface area (Å²) in [6, 6.07) is -0.0324. The van der Waals surface area contributed by atoms with Gasteiger partial charge in [0.1, 0.15) is 6.04 Å². The Labute approximate surface area is 97.1 Å². The number of likely N-dealkylation sites (N-methyl/N-ethyl adjacent to an activating group) is 1. The Morgan fingerprint density at radius 1 is 1.44 bits per heavy atom. The highest BCUT2D eigenvalue weighted by molar-refractivity contribution is 5.75. The lowest BCUT2D eigenvalue weighted by Crippen LogP contribution is -2.32. The second-order valence-electron chi connectivity index (χ2n) is 4.09. The molecule has 2 aliphatic rings. The molecule has 0 aromatic rings. The standard InChI is InChI=1S/C6H11NO2.C5H11NO/c1-9-6(8)5-3-2-4-7-5;1-6-2-4-7-5-3-6/h5,7H,2-4H2,1H3;2-5H2,1H3/t5-;/m1./s1. The summed E-state index contributed by atoms with van der Waals surface area (Å²) >= 11 is 0. The zero-order valence-electron chi connectivity index (χ0n) is 10.2. The fraction of sp³-hybridized carbons (Fsp3) is 0.909. The molecule has 0 aromatic carbocycles. The molecule has 0 amide bonds. The first kappa shape index (κ1) is 13.4. The van der Waals surface area contributed by atoms with E-state index in [1.54, 1.807) is 0 Å². The van der Waals surface area contributed by atoms with E-state index in [-0.39, 0.29) is 12.0 Å². The largest absolute Gasteiger partial charge is 0.468 e. The SMILES string of the molecule is CN1CCOCC1.COC(=O)[C@H]1CCCN1. The van der Waals surface area contributed by atoms with Gasteiger partial charge in [0, 0.05) is 13.1 Å². The predicted molar refractivity (Wildman–Crippen MR) is 61.4 cm³/mol. The molecule has 0 aliphatic carbocycles. The first-order chi connectivity index (χ1) is 7.74. The van der Waals surface area contributed by atoms with E-state index in [1.807, 2.05) is 0 Å². The second-order valence-corrected chi connectivity index (χ2v) is 4.09. The number of methoxy groups -OCH3 is 1. The van der Waals surface area contributed by atoms with Crippen LogP contribution in [0.4, 0.5) is 0 Å². The maximum absolute atomic E-state index is 10.7. The Morgan fingerprint density at radius 3 is 2.50 bits per heavy atom. The van der Waals surface area contributed by atoms with Gasteiger partial charge in [0.2, 0.25) is 0 Å². The minimum atomic E-state index is -0.132. The first-order valence-corrected chi connectivity index (χ1v) is 5.81. The van der Waals surface area contributed by atoms with Crippen LogP contribution in [0.25, 0.3) is 0 Å². The van der Waals surface area contributed by atoms with Crippen LogP contribution in [0.1, 0.15) is 12.8 Å². The predicted octanol–water partition coefficient (Wildman–Crippen LogP) is -0.140. The number of rotatable bonds is 1. The van der Waals surface area contributed by atoms with Gasteiger partial charge in [-0.25, -0.2) is 0 Å². The van der Waals surface area contributed by atoms with Gasteiger partial charge in [-0.2, -0.15) is 0 Å². The quantitative estimate of drug-likeness (QED) is 0.635. The van der Waals surface area contributed by atoms with Crippen molar-refractivity contribution in [1.29, 1.82) is 0 Å². The molecule has 2 aliphatic heterocycles. The van der Waals surface area contributed by atoms with Crippen LogP contribution in [-0.4, -0.2) is 63.9 Å². The molecule has 0 bridgehead atoms. The van der Waals surface area contributed by atoms with E-state index in [0.29, 0.717) is 0 Å². The lowest BCUT2D eigenvalue weighted by atomic mass is 10.2. The average molecular weight is 230 g/mol. The van der Waals surface area contributed by atoms with Crippen molar-refractivity contribution in [3.8, 4) is 0 Å². The van der Waals surface area contributed by atoms with E-state index in [2.05, 4.69) is 22.0 Å². The van der Waals surface area contributed by atoms with Gasteiger partial charge in [0.05, 0.1) is 20.3 Å². The van der Waals surface area contributed by atoms with Crippen LogP contribution in [0.15, 0.2) is 0 Å². The van der Waals surface area contributed by atoms with E-state index in [1.165, 1.54) is 7.11 Å². The Bertz CT molecular complexity index is 199. The minimum Gasteiger partial charge on any atom is -0.468 e. The van der Waals surface area contributed by atoms with Gasteiger partial charge in [-0.05, 0) is 26.4 Å². The number of hydrogen-bond acceptors (Lipinski definition) is 5. The molecule has 2 fully saturated rings. The monoisotopic (exact) mass is 230 g/mol. The van der Waals surface area contributed by atoms with Crippen molar-refractivity contribution >= 4 is 5.97 Å². The van der Waals surface area contributed by atoms with E-state index < -0.39 is 0 Å². The number of ether oxygens (including phenoxy) is 2.